The Kier molecular flexibility index (Phi) is 5.68. The second kappa shape index (κ2) is 8.42. The molecule has 11 heteroatoms. The van der Waals surface area contributed by atoms with Gasteiger partial charge in [-0.3, -0.25) is 5.10 Å². The van der Waals surface area contributed by atoms with Crippen molar-refractivity contribution >= 4 is 17.5 Å². The lowest BCUT2D eigenvalue weighted by molar-refractivity contribution is -0.137. The number of hydrogen-bond donors (Lipinski definition) is 2. The largest absolute Gasteiger partial charge is 0.424 e. The maximum Gasteiger partial charge on any atom is 0.416 e. The van der Waals surface area contributed by atoms with Crippen molar-refractivity contribution in [1.82, 2.24) is 25.1 Å². The summed E-state index contributed by atoms with van der Waals surface area (Å²) in [7, 11) is 2.06. The molecule has 3 heterocycles. The van der Waals surface area contributed by atoms with Crippen molar-refractivity contribution in [3.63, 3.8) is 0 Å². The topological polar surface area (TPSA) is 82.2 Å². The van der Waals surface area contributed by atoms with E-state index in [2.05, 4.69) is 42.3 Å². The smallest absolute Gasteiger partial charge is 0.416 e. The molecule has 1 saturated heterocycles. The summed E-state index contributed by atoms with van der Waals surface area (Å²) in [6, 6.07) is 8.09. The Morgan fingerprint density at radius 2 is 1.71 bits per heavy atom. The first-order valence-electron chi connectivity index (χ1n) is 9.73. The van der Waals surface area contributed by atoms with Crippen LogP contribution in [-0.4, -0.2) is 58.3 Å². The van der Waals surface area contributed by atoms with Gasteiger partial charge in [-0.1, -0.05) is 0 Å². The summed E-state index contributed by atoms with van der Waals surface area (Å²) < 4.78 is 44.1. The number of aryl methyl sites for hydroxylation is 1. The molecule has 0 unspecified atom stereocenters. The summed E-state index contributed by atoms with van der Waals surface area (Å²) in [5, 5.41) is 10.1. The number of nitrogens with zero attached hydrogens (tertiary/aromatic N) is 5. The van der Waals surface area contributed by atoms with Gasteiger partial charge in [-0.25, -0.2) is 0 Å². The maximum atomic E-state index is 12.8. The van der Waals surface area contributed by atoms with Gasteiger partial charge in [0.15, 0.2) is 5.82 Å². The van der Waals surface area contributed by atoms with E-state index in [4.69, 9.17) is 4.74 Å². The van der Waals surface area contributed by atoms with E-state index in [0.29, 0.717) is 17.5 Å². The zero-order valence-electron chi connectivity index (χ0n) is 17.1. The van der Waals surface area contributed by atoms with E-state index < -0.39 is 11.7 Å². The first kappa shape index (κ1) is 20.9. The lowest BCUT2D eigenvalue weighted by Gasteiger charge is -2.33. The minimum Gasteiger partial charge on any atom is -0.424 e. The molecule has 0 spiro atoms. The Balaban J connectivity index is 1.60. The van der Waals surface area contributed by atoms with Gasteiger partial charge < -0.3 is 19.9 Å². The molecule has 164 valence electrons. The number of aromatic nitrogens is 4. The number of aromatic amines is 1. The molecule has 2 N–H and O–H groups in total. The van der Waals surface area contributed by atoms with Crippen LogP contribution in [0.25, 0.3) is 0 Å². The average Bonchev–Trinajstić information content (AvgIpc) is 3.12. The fourth-order valence-corrected chi connectivity index (χ4v) is 3.15. The Hall–Kier alpha value is -3.34. The van der Waals surface area contributed by atoms with Gasteiger partial charge in [-0.2, -0.15) is 28.2 Å². The van der Waals surface area contributed by atoms with E-state index in [1.807, 2.05) is 13.0 Å². The first-order valence-corrected chi connectivity index (χ1v) is 9.73. The van der Waals surface area contributed by atoms with Crippen molar-refractivity contribution in [1.29, 1.82) is 0 Å². The molecular formula is C20H22F3N7O. The summed E-state index contributed by atoms with van der Waals surface area (Å²) in [4.78, 5) is 13.2. The van der Waals surface area contributed by atoms with E-state index in [-0.39, 0.29) is 11.8 Å². The molecule has 4 rings (SSSR count). The third-order valence-electron chi connectivity index (χ3n) is 4.87. The van der Waals surface area contributed by atoms with Gasteiger partial charge in [0.2, 0.25) is 0 Å². The van der Waals surface area contributed by atoms with Crippen molar-refractivity contribution in [2.24, 2.45) is 0 Å². The van der Waals surface area contributed by atoms with Crippen LogP contribution in [-0.2, 0) is 6.18 Å². The molecule has 0 radical (unpaired) electrons. The van der Waals surface area contributed by atoms with Gasteiger partial charge in [0.25, 0.3) is 0 Å². The van der Waals surface area contributed by atoms with Crippen LogP contribution in [0.5, 0.6) is 11.8 Å². The highest BCUT2D eigenvalue weighted by Gasteiger charge is 2.30. The number of halogens is 3. The fourth-order valence-electron chi connectivity index (χ4n) is 3.15. The van der Waals surface area contributed by atoms with E-state index in [1.54, 1.807) is 6.07 Å². The SMILES string of the molecule is Cc1cc(Nc2cc(N3CCN(C)CC3)nc(Oc3ccc(C(F)(F)F)cc3)n2)n[nH]1. The molecule has 0 bridgehead atoms. The monoisotopic (exact) mass is 433 g/mol. The number of alkyl halides is 3. The zero-order chi connectivity index (χ0) is 22.0. The van der Waals surface area contributed by atoms with Gasteiger partial charge >= 0.3 is 12.2 Å². The van der Waals surface area contributed by atoms with Gasteiger partial charge in [-0.15, -0.1) is 0 Å². The molecule has 3 aromatic rings. The Bertz CT molecular complexity index is 1030. The molecular weight excluding hydrogens is 411 g/mol. The molecule has 1 fully saturated rings. The second-order valence-electron chi connectivity index (χ2n) is 7.37. The van der Waals surface area contributed by atoms with Gasteiger partial charge in [0.05, 0.1) is 5.56 Å². The molecule has 8 nitrogen and oxygen atoms in total. The number of nitrogens with one attached hydrogen (secondary N) is 2. The van der Waals surface area contributed by atoms with Crippen LogP contribution in [0.15, 0.2) is 36.4 Å². The quantitative estimate of drug-likeness (QED) is 0.633. The lowest BCUT2D eigenvalue weighted by Crippen LogP contribution is -2.44. The highest BCUT2D eigenvalue weighted by atomic mass is 19.4. The molecule has 0 aliphatic carbocycles. The van der Waals surface area contributed by atoms with Crippen molar-refractivity contribution in [2.75, 3.05) is 43.4 Å². The number of benzene rings is 1. The predicted molar refractivity (Wildman–Crippen MR) is 110 cm³/mol. The standard InChI is InChI=1S/C20H22F3N7O/c1-13-11-17(28-27-13)24-16-12-18(30-9-7-29(2)8-10-30)26-19(25-16)31-15-5-3-14(4-6-15)20(21,22)23/h3-6,11-12H,7-10H2,1-2H3,(H2,24,25,26,27,28). The summed E-state index contributed by atoms with van der Waals surface area (Å²) in [5.41, 5.74) is 0.139. The van der Waals surface area contributed by atoms with Crippen LogP contribution >= 0.6 is 0 Å². The lowest BCUT2D eigenvalue weighted by atomic mass is 10.2. The van der Waals surface area contributed by atoms with Crippen LogP contribution in [0.3, 0.4) is 0 Å². The minimum absolute atomic E-state index is 0.0333. The molecule has 31 heavy (non-hydrogen) atoms. The molecule has 1 aliphatic heterocycles. The van der Waals surface area contributed by atoms with Crippen molar-refractivity contribution in [2.45, 2.75) is 13.1 Å². The third kappa shape index (κ3) is 5.23. The Labute approximate surface area is 177 Å². The number of likely N-dealkylation sites (N-methyl/N-ethyl adjacent to an activating group) is 1. The van der Waals surface area contributed by atoms with Crippen LogP contribution < -0.4 is 15.0 Å². The van der Waals surface area contributed by atoms with Crippen molar-refractivity contribution < 1.29 is 17.9 Å². The predicted octanol–water partition coefficient (Wildman–Crippen LogP) is 3.81. The summed E-state index contributed by atoms with van der Waals surface area (Å²) in [6.45, 7) is 5.23. The van der Waals surface area contributed by atoms with E-state index >= 15 is 0 Å². The number of ether oxygens (including phenoxy) is 1. The van der Waals surface area contributed by atoms with Gasteiger partial charge in [0.1, 0.15) is 17.4 Å². The van der Waals surface area contributed by atoms with Crippen LogP contribution in [0.4, 0.5) is 30.6 Å². The second-order valence-corrected chi connectivity index (χ2v) is 7.37. The summed E-state index contributed by atoms with van der Waals surface area (Å²) >= 11 is 0. The Morgan fingerprint density at radius 3 is 2.32 bits per heavy atom. The van der Waals surface area contributed by atoms with Gasteiger partial charge in [-0.05, 0) is 38.2 Å². The van der Waals surface area contributed by atoms with E-state index in [9.17, 15) is 13.2 Å². The number of H-pyrrole nitrogens is 1. The fraction of sp³-hybridized carbons (Fsp3) is 0.350. The highest BCUT2D eigenvalue weighted by Crippen LogP contribution is 2.31. The molecule has 1 aromatic carbocycles. The number of anilines is 3. The third-order valence-corrected chi connectivity index (χ3v) is 4.87. The molecule has 1 aliphatic rings. The molecule has 0 saturated carbocycles. The van der Waals surface area contributed by atoms with Crippen molar-refractivity contribution in [3.05, 3.63) is 47.7 Å². The van der Waals surface area contributed by atoms with Crippen LogP contribution in [0.2, 0.25) is 0 Å². The molecule has 0 amide bonds. The van der Waals surface area contributed by atoms with Gasteiger partial charge in [0, 0.05) is 44.0 Å². The van der Waals surface area contributed by atoms with E-state index in [1.165, 1.54) is 12.1 Å². The first-order chi connectivity index (χ1) is 14.8. The van der Waals surface area contributed by atoms with Crippen molar-refractivity contribution in [3.8, 4) is 11.8 Å². The highest BCUT2D eigenvalue weighted by molar-refractivity contribution is 5.58. The summed E-state index contributed by atoms with van der Waals surface area (Å²) in [5.74, 6) is 1.93. The molecule has 0 atom stereocenters. The molecule has 2 aromatic heterocycles. The van der Waals surface area contributed by atoms with E-state index in [0.717, 1.165) is 44.0 Å². The Morgan fingerprint density at radius 1 is 1.00 bits per heavy atom. The van der Waals surface area contributed by atoms with Crippen LogP contribution in [0, 0.1) is 6.92 Å². The minimum atomic E-state index is -4.41. The number of hydrogen-bond acceptors (Lipinski definition) is 7. The average molecular weight is 433 g/mol. The number of piperazine rings is 1. The normalized spacial score (nSPS) is 15.2. The van der Waals surface area contributed by atoms with Crippen LogP contribution in [0.1, 0.15) is 11.3 Å². The number of rotatable bonds is 5. The summed E-state index contributed by atoms with van der Waals surface area (Å²) in [6.07, 6.45) is -4.41. The zero-order valence-corrected chi connectivity index (χ0v) is 17.1. The maximum absolute atomic E-state index is 12.8.